The molecule has 1 aliphatic rings. The molecule has 5 nitrogen and oxygen atoms in total. The van der Waals surface area contributed by atoms with Gasteiger partial charge in [-0.3, -0.25) is 9.88 Å². The van der Waals surface area contributed by atoms with Gasteiger partial charge in [-0.15, -0.1) is 0 Å². The Balaban J connectivity index is 1.75. The topological polar surface area (TPSA) is 46.6 Å². The molecule has 1 unspecified atom stereocenters. The van der Waals surface area contributed by atoms with Crippen LogP contribution in [0, 0.1) is 0 Å². The van der Waals surface area contributed by atoms with Gasteiger partial charge < -0.3 is 14.8 Å². The summed E-state index contributed by atoms with van der Waals surface area (Å²) in [5.74, 6) is 0.435. The lowest BCUT2D eigenvalue weighted by atomic mass is 10.0. The predicted octanol–water partition coefficient (Wildman–Crippen LogP) is 3.57. The maximum absolute atomic E-state index is 12.5. The molecule has 0 bridgehead atoms. The van der Waals surface area contributed by atoms with Crippen LogP contribution in [0.3, 0.4) is 0 Å². The van der Waals surface area contributed by atoms with Crippen molar-refractivity contribution in [3.63, 3.8) is 0 Å². The van der Waals surface area contributed by atoms with Gasteiger partial charge in [-0.1, -0.05) is 12.1 Å². The molecule has 1 aromatic heterocycles. The Labute approximate surface area is 162 Å². The van der Waals surface area contributed by atoms with Crippen molar-refractivity contribution in [1.82, 2.24) is 15.2 Å². The minimum absolute atomic E-state index is 0.104. The lowest BCUT2D eigenvalue weighted by Gasteiger charge is -2.36. The fourth-order valence-electron chi connectivity index (χ4n) is 3.27. The highest BCUT2D eigenvalue weighted by Gasteiger charge is 2.29. The van der Waals surface area contributed by atoms with Crippen LogP contribution >= 0.6 is 0 Å². The van der Waals surface area contributed by atoms with Crippen molar-refractivity contribution in [1.29, 1.82) is 0 Å². The van der Waals surface area contributed by atoms with Crippen molar-refractivity contribution in [3.05, 3.63) is 53.9 Å². The van der Waals surface area contributed by atoms with Crippen LogP contribution in [0.5, 0.6) is 11.5 Å². The van der Waals surface area contributed by atoms with E-state index < -0.39 is 12.8 Å². The summed E-state index contributed by atoms with van der Waals surface area (Å²) in [6.07, 6.45) is -0.775. The molecular weight excluding hydrogens is 371 g/mol. The van der Waals surface area contributed by atoms with E-state index in [1.54, 1.807) is 31.3 Å². The van der Waals surface area contributed by atoms with Crippen LogP contribution in [0.25, 0.3) is 0 Å². The number of pyridine rings is 1. The second kappa shape index (κ2) is 9.25. The summed E-state index contributed by atoms with van der Waals surface area (Å²) in [7, 11) is 0. The van der Waals surface area contributed by atoms with Crippen molar-refractivity contribution in [3.8, 4) is 11.5 Å². The molecule has 1 atom stereocenters. The molecule has 0 radical (unpaired) electrons. The number of hydrogen-bond acceptors (Lipinski definition) is 5. The number of hydrogen-bond donors (Lipinski definition) is 1. The highest BCUT2D eigenvalue weighted by molar-refractivity contribution is 5.43. The second-order valence-electron chi connectivity index (χ2n) is 6.59. The summed E-state index contributed by atoms with van der Waals surface area (Å²) in [6, 6.07) is 9.25. The van der Waals surface area contributed by atoms with E-state index in [4.69, 9.17) is 9.47 Å². The SMILES string of the molecule is CCOc1cc(CN2CCNCC2c2cccnc2)ccc1OCC(F)(F)F. The van der Waals surface area contributed by atoms with Crippen molar-refractivity contribution >= 4 is 0 Å². The van der Waals surface area contributed by atoms with Crippen LogP contribution in [0.4, 0.5) is 13.2 Å². The van der Waals surface area contributed by atoms with Gasteiger partial charge in [-0.05, 0) is 36.2 Å². The minimum Gasteiger partial charge on any atom is -0.490 e. The zero-order chi connectivity index (χ0) is 20.0. The lowest BCUT2D eigenvalue weighted by molar-refractivity contribution is -0.153. The largest absolute Gasteiger partial charge is 0.490 e. The third kappa shape index (κ3) is 5.59. The van der Waals surface area contributed by atoms with Gasteiger partial charge in [0.25, 0.3) is 0 Å². The number of nitrogens with one attached hydrogen (secondary N) is 1. The second-order valence-corrected chi connectivity index (χ2v) is 6.59. The van der Waals surface area contributed by atoms with E-state index in [1.807, 2.05) is 12.3 Å². The van der Waals surface area contributed by atoms with Crippen molar-refractivity contribution in [2.45, 2.75) is 25.7 Å². The van der Waals surface area contributed by atoms with Crippen LogP contribution in [-0.2, 0) is 6.54 Å². The molecule has 152 valence electrons. The zero-order valence-corrected chi connectivity index (χ0v) is 15.7. The number of aromatic nitrogens is 1. The predicted molar refractivity (Wildman–Crippen MR) is 99.4 cm³/mol. The molecule has 1 N–H and O–H groups in total. The molecule has 1 aromatic carbocycles. The third-order valence-corrected chi connectivity index (χ3v) is 4.51. The molecule has 0 amide bonds. The number of halogens is 3. The molecule has 1 saturated heterocycles. The Morgan fingerprint density at radius 1 is 1.21 bits per heavy atom. The van der Waals surface area contributed by atoms with Crippen LogP contribution in [0.15, 0.2) is 42.7 Å². The normalized spacial score (nSPS) is 18.1. The first kappa shape index (κ1) is 20.4. The molecular formula is C20H24F3N3O2. The summed E-state index contributed by atoms with van der Waals surface area (Å²) in [6.45, 7) is 4.00. The van der Waals surface area contributed by atoms with E-state index in [1.165, 1.54) is 0 Å². The maximum Gasteiger partial charge on any atom is 0.422 e. The molecule has 0 spiro atoms. The van der Waals surface area contributed by atoms with Gasteiger partial charge >= 0.3 is 6.18 Å². The molecule has 28 heavy (non-hydrogen) atoms. The van der Waals surface area contributed by atoms with Crippen LogP contribution in [0.2, 0.25) is 0 Å². The smallest absolute Gasteiger partial charge is 0.422 e. The van der Waals surface area contributed by atoms with E-state index >= 15 is 0 Å². The molecule has 8 heteroatoms. The molecule has 1 aliphatic heterocycles. The lowest BCUT2D eigenvalue weighted by Crippen LogP contribution is -2.45. The summed E-state index contributed by atoms with van der Waals surface area (Å²) in [4.78, 5) is 6.54. The summed E-state index contributed by atoms with van der Waals surface area (Å²) >= 11 is 0. The van der Waals surface area contributed by atoms with E-state index in [0.717, 1.165) is 30.8 Å². The van der Waals surface area contributed by atoms with Gasteiger partial charge in [0.15, 0.2) is 18.1 Å². The van der Waals surface area contributed by atoms with Crippen molar-refractivity contribution < 1.29 is 22.6 Å². The quantitative estimate of drug-likeness (QED) is 0.777. The number of piperazine rings is 1. The van der Waals surface area contributed by atoms with Gasteiger partial charge in [0.2, 0.25) is 0 Å². The fourth-order valence-corrected chi connectivity index (χ4v) is 3.27. The van der Waals surface area contributed by atoms with Crippen LogP contribution in [0.1, 0.15) is 24.1 Å². The first-order valence-corrected chi connectivity index (χ1v) is 9.26. The Kier molecular flexibility index (Phi) is 6.74. The number of ether oxygens (including phenoxy) is 2. The maximum atomic E-state index is 12.5. The molecule has 3 rings (SSSR count). The Morgan fingerprint density at radius 2 is 2.07 bits per heavy atom. The third-order valence-electron chi connectivity index (χ3n) is 4.51. The van der Waals surface area contributed by atoms with Crippen LogP contribution < -0.4 is 14.8 Å². The van der Waals surface area contributed by atoms with Gasteiger partial charge in [0.1, 0.15) is 0 Å². The standard InChI is InChI=1S/C20H24F3N3O2/c1-2-27-19-10-15(5-6-18(19)28-14-20(21,22)23)13-26-9-8-25-12-17(26)16-4-3-7-24-11-16/h3-7,10-11,17,25H,2,8-9,12-14H2,1H3. The Bertz CT molecular complexity index is 756. The fraction of sp³-hybridized carbons (Fsp3) is 0.450. The highest BCUT2D eigenvalue weighted by Crippen LogP contribution is 2.32. The molecule has 1 fully saturated rings. The molecule has 2 aromatic rings. The number of rotatable bonds is 7. The van der Waals surface area contributed by atoms with E-state index in [2.05, 4.69) is 21.3 Å². The number of benzene rings is 1. The summed E-state index contributed by atoms with van der Waals surface area (Å²) in [5, 5.41) is 3.40. The Hall–Kier alpha value is -2.32. The van der Waals surface area contributed by atoms with Crippen LogP contribution in [-0.4, -0.2) is 48.9 Å². The average Bonchev–Trinajstić information content (AvgIpc) is 2.68. The first-order chi connectivity index (χ1) is 13.5. The van der Waals surface area contributed by atoms with E-state index in [-0.39, 0.29) is 11.8 Å². The van der Waals surface area contributed by atoms with E-state index in [0.29, 0.717) is 18.9 Å². The summed E-state index contributed by atoms with van der Waals surface area (Å²) < 4.78 is 47.8. The molecule has 0 aliphatic carbocycles. The number of nitrogens with zero attached hydrogens (tertiary/aromatic N) is 2. The van der Waals surface area contributed by atoms with Gasteiger partial charge in [-0.25, -0.2) is 0 Å². The van der Waals surface area contributed by atoms with E-state index in [9.17, 15) is 13.2 Å². The zero-order valence-electron chi connectivity index (χ0n) is 15.7. The average molecular weight is 395 g/mol. The first-order valence-electron chi connectivity index (χ1n) is 9.26. The van der Waals surface area contributed by atoms with Crippen molar-refractivity contribution in [2.75, 3.05) is 32.8 Å². The summed E-state index contributed by atoms with van der Waals surface area (Å²) in [5.41, 5.74) is 2.09. The number of alkyl halides is 3. The Morgan fingerprint density at radius 3 is 2.79 bits per heavy atom. The van der Waals surface area contributed by atoms with Gasteiger partial charge in [0, 0.05) is 44.6 Å². The minimum atomic E-state index is -4.39. The highest BCUT2D eigenvalue weighted by atomic mass is 19.4. The van der Waals surface area contributed by atoms with Gasteiger partial charge in [0.05, 0.1) is 6.61 Å². The molecule has 0 saturated carbocycles. The monoisotopic (exact) mass is 395 g/mol. The van der Waals surface area contributed by atoms with Gasteiger partial charge in [-0.2, -0.15) is 13.2 Å². The molecule has 2 heterocycles. The van der Waals surface area contributed by atoms with Crippen molar-refractivity contribution in [2.24, 2.45) is 0 Å².